The Morgan fingerprint density at radius 3 is 2.23 bits per heavy atom. The number of alkyl halides is 3. The molecule has 1 unspecified atom stereocenters. The lowest BCUT2D eigenvalue weighted by molar-refractivity contribution is -0.256. The van der Waals surface area contributed by atoms with E-state index in [1.807, 2.05) is 0 Å². The fraction of sp³-hybridized carbons (Fsp3) is 0.588. The minimum absolute atomic E-state index is 0.186. The summed E-state index contributed by atoms with van der Waals surface area (Å²) in [6.45, 7) is 5.46. The van der Waals surface area contributed by atoms with Gasteiger partial charge in [0.1, 0.15) is 0 Å². The van der Waals surface area contributed by atoms with Gasteiger partial charge in [-0.2, -0.15) is 13.2 Å². The van der Waals surface area contributed by atoms with Gasteiger partial charge in [-0.15, -0.1) is 0 Å². The van der Waals surface area contributed by atoms with Crippen molar-refractivity contribution in [1.29, 1.82) is 0 Å². The standard InChI is InChI=1S/C17H23BF3NO4/c1-10-7-8-11(16(24,13(23)22-6)17(19,20)21)9-12(10)18-25-14(2,3)15(4,5)26-18/h7-9,24H,1-6H3,(H,22,23)/i6D3. The van der Waals surface area contributed by atoms with Crippen LogP contribution in [-0.2, 0) is 19.7 Å². The van der Waals surface area contributed by atoms with Gasteiger partial charge >= 0.3 is 13.3 Å². The molecule has 0 aromatic heterocycles. The molecule has 1 fully saturated rings. The van der Waals surface area contributed by atoms with E-state index in [1.165, 1.54) is 11.4 Å². The highest BCUT2D eigenvalue weighted by molar-refractivity contribution is 6.62. The second-order valence-corrected chi connectivity index (χ2v) is 7.32. The Kier molecular flexibility index (Phi) is 3.99. The number of nitrogens with one attached hydrogen (secondary N) is 1. The average molecular weight is 376 g/mol. The van der Waals surface area contributed by atoms with Gasteiger partial charge in [-0.1, -0.05) is 23.8 Å². The molecule has 2 N–H and O–H groups in total. The molecule has 1 aromatic carbocycles. The molecule has 2 rings (SSSR count). The summed E-state index contributed by atoms with van der Waals surface area (Å²) in [6.07, 6.45) is -5.48. The zero-order valence-electron chi connectivity index (χ0n) is 18.1. The molecule has 9 heteroatoms. The summed E-state index contributed by atoms with van der Waals surface area (Å²) in [5, 5.41) is 11.6. The van der Waals surface area contributed by atoms with E-state index < -0.39 is 48.5 Å². The van der Waals surface area contributed by atoms with Gasteiger partial charge in [0.25, 0.3) is 11.5 Å². The summed E-state index contributed by atoms with van der Waals surface area (Å²) in [7, 11) is -1.04. The summed E-state index contributed by atoms with van der Waals surface area (Å²) in [6, 6.07) is 3.13. The Balaban J connectivity index is 2.56. The normalized spacial score (nSPS) is 23.6. The molecule has 1 aliphatic rings. The summed E-state index contributed by atoms with van der Waals surface area (Å²) in [4.78, 5) is 12.1. The van der Waals surface area contributed by atoms with E-state index in [-0.39, 0.29) is 5.46 Å². The number of benzene rings is 1. The molecular formula is C17H23BF3NO4. The Bertz CT molecular complexity index is 798. The Hall–Kier alpha value is -1.58. The molecule has 0 radical (unpaired) electrons. The van der Waals surface area contributed by atoms with Crippen LogP contribution in [0.15, 0.2) is 18.2 Å². The van der Waals surface area contributed by atoms with Crippen LogP contribution in [-0.4, -0.2) is 42.5 Å². The van der Waals surface area contributed by atoms with E-state index in [2.05, 4.69) is 0 Å². The summed E-state index contributed by atoms with van der Waals surface area (Å²) in [5.41, 5.74) is -5.76. The molecule has 1 atom stereocenters. The van der Waals surface area contributed by atoms with Gasteiger partial charge < -0.3 is 19.7 Å². The van der Waals surface area contributed by atoms with Crippen molar-refractivity contribution >= 4 is 18.5 Å². The number of aryl methyl sites for hydroxylation is 1. The quantitative estimate of drug-likeness (QED) is 0.790. The molecule has 1 heterocycles. The van der Waals surface area contributed by atoms with Crippen molar-refractivity contribution in [3.05, 3.63) is 29.3 Å². The van der Waals surface area contributed by atoms with E-state index in [0.29, 0.717) is 5.56 Å². The number of rotatable bonds is 3. The smallest absolute Gasteiger partial charge is 0.399 e. The van der Waals surface area contributed by atoms with Gasteiger partial charge in [0, 0.05) is 16.7 Å². The number of amides is 1. The molecular weight excluding hydrogens is 350 g/mol. The lowest BCUT2D eigenvalue weighted by atomic mass is 9.74. The van der Waals surface area contributed by atoms with E-state index in [0.717, 1.165) is 12.1 Å². The van der Waals surface area contributed by atoms with Crippen LogP contribution in [0.2, 0.25) is 0 Å². The van der Waals surface area contributed by atoms with Gasteiger partial charge in [0.15, 0.2) is 0 Å². The average Bonchev–Trinajstić information content (AvgIpc) is 2.72. The van der Waals surface area contributed by atoms with Crippen LogP contribution in [0.1, 0.15) is 42.9 Å². The first-order chi connectivity index (χ1) is 12.8. The Morgan fingerprint density at radius 1 is 1.23 bits per heavy atom. The molecule has 1 amide bonds. The van der Waals surface area contributed by atoms with Crippen molar-refractivity contribution in [2.75, 3.05) is 6.98 Å². The van der Waals surface area contributed by atoms with E-state index in [1.54, 1.807) is 34.6 Å². The predicted molar refractivity (Wildman–Crippen MR) is 90.9 cm³/mol. The van der Waals surface area contributed by atoms with Crippen molar-refractivity contribution in [3.63, 3.8) is 0 Å². The molecule has 1 saturated heterocycles. The zero-order valence-corrected chi connectivity index (χ0v) is 15.1. The molecule has 5 nitrogen and oxygen atoms in total. The second kappa shape index (κ2) is 6.25. The van der Waals surface area contributed by atoms with Crippen LogP contribution in [0, 0.1) is 6.92 Å². The van der Waals surface area contributed by atoms with Crippen LogP contribution in [0.4, 0.5) is 13.2 Å². The van der Waals surface area contributed by atoms with Gasteiger partial charge in [-0.05, 0) is 40.1 Å². The third-order valence-electron chi connectivity index (χ3n) is 5.06. The topological polar surface area (TPSA) is 67.8 Å². The first-order valence-corrected chi connectivity index (χ1v) is 7.90. The summed E-state index contributed by atoms with van der Waals surface area (Å²) >= 11 is 0. The first-order valence-electron chi connectivity index (χ1n) is 9.40. The maximum absolute atomic E-state index is 13.7. The molecule has 0 aliphatic carbocycles. The number of hydrogen-bond donors (Lipinski definition) is 2. The lowest BCUT2D eigenvalue weighted by Gasteiger charge is -2.32. The van der Waals surface area contributed by atoms with Crippen LogP contribution in [0.25, 0.3) is 0 Å². The molecule has 144 valence electrons. The SMILES string of the molecule is [2H]C([2H])([2H])NC(=O)C(O)(c1ccc(C)c(B2OC(C)(C)C(C)(C)O2)c1)C(F)(F)F. The Labute approximate surface area is 155 Å². The maximum Gasteiger partial charge on any atom is 0.495 e. The van der Waals surface area contributed by atoms with Crippen molar-refractivity contribution in [3.8, 4) is 0 Å². The van der Waals surface area contributed by atoms with Crippen LogP contribution in [0.5, 0.6) is 0 Å². The highest BCUT2D eigenvalue weighted by atomic mass is 19.4. The predicted octanol–water partition coefficient (Wildman–Crippen LogP) is 1.79. The number of carbonyl (C=O) groups is 1. The first kappa shape index (κ1) is 16.6. The van der Waals surface area contributed by atoms with Crippen LogP contribution >= 0.6 is 0 Å². The van der Waals surface area contributed by atoms with Gasteiger partial charge in [0.2, 0.25) is 0 Å². The third-order valence-corrected chi connectivity index (χ3v) is 5.06. The minimum atomic E-state index is -5.48. The van der Waals surface area contributed by atoms with E-state index in [9.17, 15) is 23.1 Å². The third kappa shape index (κ3) is 3.12. The van der Waals surface area contributed by atoms with Crippen molar-refractivity contribution in [2.24, 2.45) is 0 Å². The van der Waals surface area contributed by atoms with E-state index >= 15 is 0 Å². The molecule has 0 spiro atoms. The molecule has 0 bridgehead atoms. The maximum atomic E-state index is 13.7. The fourth-order valence-electron chi connectivity index (χ4n) is 2.60. The highest BCUT2D eigenvalue weighted by Crippen LogP contribution is 2.40. The molecule has 0 saturated carbocycles. The number of hydrogen-bond acceptors (Lipinski definition) is 4. The highest BCUT2D eigenvalue weighted by Gasteiger charge is 2.61. The van der Waals surface area contributed by atoms with Crippen molar-refractivity contribution in [1.82, 2.24) is 5.32 Å². The van der Waals surface area contributed by atoms with Crippen LogP contribution in [0.3, 0.4) is 0 Å². The number of likely N-dealkylation sites (N-methyl/N-ethyl adjacent to an activating group) is 1. The van der Waals surface area contributed by atoms with Crippen LogP contribution < -0.4 is 10.8 Å². The summed E-state index contributed by atoms with van der Waals surface area (Å²) < 4.78 is 73.8. The summed E-state index contributed by atoms with van der Waals surface area (Å²) in [5.74, 6) is -2.10. The van der Waals surface area contributed by atoms with E-state index in [4.69, 9.17) is 13.4 Å². The Morgan fingerprint density at radius 2 is 1.77 bits per heavy atom. The molecule has 1 aromatic rings. The molecule has 1 aliphatic heterocycles. The van der Waals surface area contributed by atoms with Gasteiger partial charge in [0.05, 0.1) is 11.2 Å². The molecule has 26 heavy (non-hydrogen) atoms. The number of aliphatic hydroxyl groups is 1. The largest absolute Gasteiger partial charge is 0.495 e. The second-order valence-electron chi connectivity index (χ2n) is 7.32. The number of halogens is 3. The van der Waals surface area contributed by atoms with Gasteiger partial charge in [-0.3, -0.25) is 4.79 Å². The lowest BCUT2D eigenvalue weighted by Crippen LogP contribution is -2.54. The number of carbonyl (C=O) groups excluding carboxylic acids is 1. The van der Waals surface area contributed by atoms with Gasteiger partial charge in [-0.25, -0.2) is 0 Å². The minimum Gasteiger partial charge on any atom is -0.399 e. The fourth-order valence-corrected chi connectivity index (χ4v) is 2.60. The van der Waals surface area contributed by atoms with Crippen molar-refractivity contribution in [2.45, 2.75) is 57.6 Å². The van der Waals surface area contributed by atoms with Crippen molar-refractivity contribution < 1.29 is 36.5 Å². The monoisotopic (exact) mass is 376 g/mol. The zero-order chi connectivity index (χ0) is 22.6.